The number of carbonyl (C=O) groups is 1. The molecule has 1 aromatic rings. The number of piperidine rings is 1. The molecule has 0 saturated carbocycles. The van der Waals surface area contributed by atoms with Gasteiger partial charge in [0, 0.05) is 30.1 Å². The summed E-state index contributed by atoms with van der Waals surface area (Å²) in [6, 6.07) is 4.97. The smallest absolute Gasteiger partial charge is 0.234 e. The minimum absolute atomic E-state index is 0.119. The lowest BCUT2D eigenvalue weighted by Crippen LogP contribution is -2.52. The molecule has 1 aromatic heterocycles. The Morgan fingerprint density at radius 1 is 1.55 bits per heavy atom. The van der Waals surface area contributed by atoms with Crippen LogP contribution in [0.25, 0.3) is 0 Å². The van der Waals surface area contributed by atoms with E-state index in [4.69, 9.17) is 5.73 Å². The van der Waals surface area contributed by atoms with Crippen molar-refractivity contribution in [2.75, 3.05) is 19.6 Å². The van der Waals surface area contributed by atoms with Crippen LogP contribution in [0.2, 0.25) is 0 Å². The van der Waals surface area contributed by atoms with Gasteiger partial charge in [-0.25, -0.2) is 0 Å². The second kappa shape index (κ2) is 7.76. The maximum Gasteiger partial charge on any atom is 0.234 e. The fraction of sp³-hybridized carbons (Fsp3) is 0.667. The number of hydrogen-bond donors (Lipinski definition) is 2. The highest BCUT2D eigenvalue weighted by Gasteiger charge is 2.28. The zero-order valence-electron chi connectivity index (χ0n) is 12.2. The Labute approximate surface area is 125 Å². The maximum absolute atomic E-state index is 12.1. The molecule has 2 unspecified atom stereocenters. The van der Waals surface area contributed by atoms with Gasteiger partial charge in [0.05, 0.1) is 6.54 Å². The zero-order valence-corrected chi connectivity index (χ0v) is 13.0. The van der Waals surface area contributed by atoms with Gasteiger partial charge in [-0.1, -0.05) is 12.5 Å². The summed E-state index contributed by atoms with van der Waals surface area (Å²) in [5.41, 5.74) is 5.82. The standard InChI is InChI=1S/C15H25N3OS/c1-12-4-2-5-13(10-16)18(12)11-15(19)17-8-7-14-6-3-9-20-14/h3,6,9,12-13H,2,4-5,7-8,10-11,16H2,1H3,(H,17,19). The van der Waals surface area contributed by atoms with Gasteiger partial charge in [0.15, 0.2) is 0 Å². The molecule has 2 heterocycles. The molecule has 1 fully saturated rings. The molecule has 1 amide bonds. The minimum atomic E-state index is 0.119. The first kappa shape index (κ1) is 15.5. The molecule has 0 aliphatic carbocycles. The molecule has 3 N–H and O–H groups in total. The van der Waals surface area contributed by atoms with Crippen molar-refractivity contribution in [2.24, 2.45) is 5.73 Å². The Hall–Kier alpha value is -0.910. The summed E-state index contributed by atoms with van der Waals surface area (Å²) in [6.45, 7) is 4.04. The Morgan fingerprint density at radius 2 is 2.40 bits per heavy atom. The van der Waals surface area contributed by atoms with Crippen LogP contribution in [0.1, 0.15) is 31.1 Å². The molecule has 2 rings (SSSR count). The van der Waals surface area contributed by atoms with E-state index in [9.17, 15) is 4.79 Å². The molecule has 0 bridgehead atoms. The summed E-state index contributed by atoms with van der Waals surface area (Å²) in [4.78, 5) is 15.6. The second-order valence-electron chi connectivity index (χ2n) is 5.52. The van der Waals surface area contributed by atoms with Crippen LogP contribution in [0, 0.1) is 0 Å². The van der Waals surface area contributed by atoms with Gasteiger partial charge in [-0.2, -0.15) is 0 Å². The first-order valence-corrected chi connectivity index (χ1v) is 8.33. The van der Waals surface area contributed by atoms with Crippen molar-refractivity contribution < 1.29 is 4.79 Å². The van der Waals surface area contributed by atoms with Gasteiger partial charge in [-0.05, 0) is 37.6 Å². The first-order valence-electron chi connectivity index (χ1n) is 7.45. The molecule has 0 radical (unpaired) electrons. The van der Waals surface area contributed by atoms with Crippen molar-refractivity contribution >= 4 is 17.2 Å². The van der Waals surface area contributed by atoms with E-state index >= 15 is 0 Å². The summed E-state index contributed by atoms with van der Waals surface area (Å²) < 4.78 is 0. The number of thiophene rings is 1. The van der Waals surface area contributed by atoms with Crippen molar-refractivity contribution in [3.05, 3.63) is 22.4 Å². The fourth-order valence-corrected chi connectivity index (χ4v) is 3.59. The molecule has 112 valence electrons. The number of hydrogen-bond acceptors (Lipinski definition) is 4. The molecule has 1 aliphatic heterocycles. The lowest BCUT2D eigenvalue weighted by atomic mass is 9.96. The lowest BCUT2D eigenvalue weighted by Gasteiger charge is -2.39. The van der Waals surface area contributed by atoms with Crippen molar-refractivity contribution in [2.45, 2.75) is 44.7 Å². The van der Waals surface area contributed by atoms with Gasteiger partial charge in [-0.3, -0.25) is 9.69 Å². The molecule has 5 heteroatoms. The van der Waals surface area contributed by atoms with E-state index in [1.54, 1.807) is 11.3 Å². The van der Waals surface area contributed by atoms with Gasteiger partial charge >= 0.3 is 0 Å². The van der Waals surface area contributed by atoms with E-state index < -0.39 is 0 Å². The lowest BCUT2D eigenvalue weighted by molar-refractivity contribution is -0.123. The van der Waals surface area contributed by atoms with Crippen LogP contribution in [0.4, 0.5) is 0 Å². The SMILES string of the molecule is CC1CCCC(CN)N1CC(=O)NCCc1cccs1. The van der Waals surface area contributed by atoms with Crippen molar-refractivity contribution in [1.29, 1.82) is 0 Å². The van der Waals surface area contributed by atoms with Gasteiger partial charge < -0.3 is 11.1 Å². The summed E-state index contributed by atoms with van der Waals surface area (Å²) in [6.07, 6.45) is 4.42. The molecule has 1 saturated heterocycles. The van der Waals surface area contributed by atoms with Crippen LogP contribution in [-0.2, 0) is 11.2 Å². The van der Waals surface area contributed by atoms with Crippen molar-refractivity contribution in [3.8, 4) is 0 Å². The average molecular weight is 295 g/mol. The van der Waals surface area contributed by atoms with Gasteiger partial charge in [0.25, 0.3) is 0 Å². The van der Waals surface area contributed by atoms with Gasteiger partial charge in [0.2, 0.25) is 5.91 Å². The van der Waals surface area contributed by atoms with E-state index in [0.29, 0.717) is 25.2 Å². The predicted octanol–water partition coefficient (Wildman–Crippen LogP) is 1.61. The van der Waals surface area contributed by atoms with Crippen molar-refractivity contribution in [3.63, 3.8) is 0 Å². The van der Waals surface area contributed by atoms with Crippen LogP contribution in [-0.4, -0.2) is 42.5 Å². The van der Waals surface area contributed by atoms with E-state index in [-0.39, 0.29) is 5.91 Å². The third-order valence-electron chi connectivity index (χ3n) is 4.07. The first-order chi connectivity index (χ1) is 9.70. The molecule has 0 spiro atoms. The van der Waals surface area contributed by atoms with E-state index in [1.165, 1.54) is 17.7 Å². The van der Waals surface area contributed by atoms with Crippen LogP contribution in [0.15, 0.2) is 17.5 Å². The third-order valence-corrected chi connectivity index (χ3v) is 5.00. The van der Waals surface area contributed by atoms with Crippen LogP contribution >= 0.6 is 11.3 Å². The number of nitrogens with two attached hydrogens (primary N) is 1. The van der Waals surface area contributed by atoms with Crippen molar-refractivity contribution in [1.82, 2.24) is 10.2 Å². The van der Waals surface area contributed by atoms with Crippen LogP contribution in [0.3, 0.4) is 0 Å². The summed E-state index contributed by atoms with van der Waals surface area (Å²) >= 11 is 1.74. The largest absolute Gasteiger partial charge is 0.355 e. The quantitative estimate of drug-likeness (QED) is 0.838. The maximum atomic E-state index is 12.1. The average Bonchev–Trinajstić information content (AvgIpc) is 2.94. The highest BCUT2D eigenvalue weighted by molar-refractivity contribution is 7.09. The van der Waals surface area contributed by atoms with E-state index in [0.717, 1.165) is 19.4 Å². The summed E-state index contributed by atoms with van der Waals surface area (Å²) in [5.74, 6) is 0.119. The summed E-state index contributed by atoms with van der Waals surface area (Å²) in [7, 11) is 0. The summed E-state index contributed by atoms with van der Waals surface area (Å²) in [5, 5.41) is 5.09. The topological polar surface area (TPSA) is 58.4 Å². The number of carbonyl (C=O) groups excluding carboxylic acids is 1. The predicted molar refractivity (Wildman–Crippen MR) is 83.9 cm³/mol. The molecule has 2 atom stereocenters. The molecule has 20 heavy (non-hydrogen) atoms. The Morgan fingerprint density at radius 3 is 3.10 bits per heavy atom. The monoisotopic (exact) mass is 295 g/mol. The van der Waals surface area contributed by atoms with E-state index in [1.807, 2.05) is 6.07 Å². The Bertz CT molecular complexity index is 407. The molecule has 1 aliphatic rings. The number of rotatable bonds is 6. The molecule has 4 nitrogen and oxygen atoms in total. The number of nitrogens with zero attached hydrogens (tertiary/aromatic N) is 1. The van der Waals surface area contributed by atoms with Gasteiger partial charge in [-0.15, -0.1) is 11.3 Å². The number of likely N-dealkylation sites (tertiary alicyclic amines) is 1. The highest BCUT2D eigenvalue weighted by atomic mass is 32.1. The zero-order chi connectivity index (χ0) is 14.4. The van der Waals surface area contributed by atoms with Gasteiger partial charge in [0.1, 0.15) is 0 Å². The molecular weight excluding hydrogens is 270 g/mol. The number of nitrogens with one attached hydrogen (secondary N) is 1. The normalized spacial score (nSPS) is 23.7. The fourth-order valence-electron chi connectivity index (χ4n) is 2.88. The molecular formula is C15H25N3OS. The Kier molecular flexibility index (Phi) is 6.01. The van der Waals surface area contributed by atoms with Crippen LogP contribution < -0.4 is 11.1 Å². The Balaban J connectivity index is 1.74. The minimum Gasteiger partial charge on any atom is -0.355 e. The third kappa shape index (κ3) is 4.30. The molecule has 0 aromatic carbocycles. The second-order valence-corrected chi connectivity index (χ2v) is 6.55. The number of amides is 1. The van der Waals surface area contributed by atoms with E-state index in [2.05, 4.69) is 28.6 Å². The van der Waals surface area contributed by atoms with Crippen LogP contribution in [0.5, 0.6) is 0 Å². The highest BCUT2D eigenvalue weighted by Crippen LogP contribution is 2.21.